The number of likely N-dealkylation sites (N-methyl/N-ethyl adjacent to an activating group) is 1. The summed E-state index contributed by atoms with van der Waals surface area (Å²) in [5.41, 5.74) is 4.32. The van der Waals surface area contributed by atoms with Gasteiger partial charge in [-0.1, -0.05) is 49.4 Å². The van der Waals surface area contributed by atoms with E-state index in [-0.39, 0.29) is 5.91 Å². The molecular weight excluding hydrogens is 322 g/mol. The number of carbonyl (C=O) groups is 1. The Kier molecular flexibility index (Phi) is 5.64. The summed E-state index contributed by atoms with van der Waals surface area (Å²) in [6.45, 7) is 2.65. The van der Waals surface area contributed by atoms with Gasteiger partial charge in [-0.2, -0.15) is 5.10 Å². The third-order valence-electron chi connectivity index (χ3n) is 4.26. The molecule has 0 unspecified atom stereocenters. The van der Waals surface area contributed by atoms with Crippen LogP contribution in [0.15, 0.2) is 73.1 Å². The summed E-state index contributed by atoms with van der Waals surface area (Å²) >= 11 is 0. The maximum atomic E-state index is 12.3. The summed E-state index contributed by atoms with van der Waals surface area (Å²) in [5, 5.41) is 4.37. The van der Waals surface area contributed by atoms with Gasteiger partial charge in [0.25, 0.3) is 0 Å². The van der Waals surface area contributed by atoms with Crippen LogP contribution in [0.25, 0.3) is 11.8 Å². The standard InChI is InChI=1S/C22H23N3O/c1-3-18-9-11-19(12-10-18)13-14-22(26)24(2)16-20-15-23-25(17-20)21-7-5-4-6-8-21/h4-15,17H,3,16H2,1-2H3/b14-13+. The predicted molar refractivity (Wildman–Crippen MR) is 105 cm³/mol. The largest absolute Gasteiger partial charge is 0.338 e. The molecule has 3 rings (SSSR count). The smallest absolute Gasteiger partial charge is 0.246 e. The number of aryl methyl sites for hydroxylation is 1. The van der Waals surface area contributed by atoms with Crippen LogP contribution in [0, 0.1) is 0 Å². The molecule has 0 aliphatic carbocycles. The van der Waals surface area contributed by atoms with Crippen LogP contribution in [-0.2, 0) is 17.8 Å². The summed E-state index contributed by atoms with van der Waals surface area (Å²) in [6, 6.07) is 18.2. The molecule has 1 aromatic heterocycles. The van der Waals surface area contributed by atoms with Crippen LogP contribution in [0.4, 0.5) is 0 Å². The number of carbonyl (C=O) groups excluding carboxylic acids is 1. The second-order valence-electron chi connectivity index (χ2n) is 6.25. The van der Waals surface area contributed by atoms with E-state index in [1.807, 2.05) is 59.4 Å². The molecule has 132 valence electrons. The van der Waals surface area contributed by atoms with E-state index < -0.39 is 0 Å². The molecule has 3 aromatic rings. The number of nitrogens with zero attached hydrogens (tertiary/aromatic N) is 3. The molecule has 0 atom stereocenters. The van der Waals surface area contributed by atoms with Gasteiger partial charge < -0.3 is 4.90 Å². The average molecular weight is 345 g/mol. The molecule has 0 spiro atoms. The number of rotatable bonds is 6. The average Bonchev–Trinajstić information content (AvgIpc) is 3.15. The van der Waals surface area contributed by atoms with E-state index in [9.17, 15) is 4.79 Å². The van der Waals surface area contributed by atoms with Gasteiger partial charge in [0.15, 0.2) is 0 Å². The van der Waals surface area contributed by atoms with Crippen LogP contribution in [0.3, 0.4) is 0 Å². The second kappa shape index (κ2) is 8.30. The van der Waals surface area contributed by atoms with Crippen LogP contribution < -0.4 is 0 Å². The maximum absolute atomic E-state index is 12.3. The zero-order valence-corrected chi connectivity index (χ0v) is 15.2. The Morgan fingerprint density at radius 2 is 1.81 bits per heavy atom. The van der Waals surface area contributed by atoms with Crippen molar-refractivity contribution in [1.82, 2.24) is 14.7 Å². The van der Waals surface area contributed by atoms with Gasteiger partial charge in [0.1, 0.15) is 0 Å². The minimum Gasteiger partial charge on any atom is -0.338 e. The lowest BCUT2D eigenvalue weighted by atomic mass is 10.1. The maximum Gasteiger partial charge on any atom is 0.246 e. The van der Waals surface area contributed by atoms with E-state index in [0.29, 0.717) is 6.54 Å². The topological polar surface area (TPSA) is 38.1 Å². The van der Waals surface area contributed by atoms with Crippen LogP contribution in [0.5, 0.6) is 0 Å². The minimum absolute atomic E-state index is 0.0305. The molecule has 1 heterocycles. The van der Waals surface area contributed by atoms with Crippen molar-refractivity contribution in [3.8, 4) is 5.69 Å². The summed E-state index contributed by atoms with van der Waals surface area (Å²) in [7, 11) is 1.80. The minimum atomic E-state index is -0.0305. The third kappa shape index (κ3) is 4.48. The second-order valence-corrected chi connectivity index (χ2v) is 6.25. The molecular formula is C22H23N3O. The van der Waals surface area contributed by atoms with E-state index in [0.717, 1.165) is 23.2 Å². The van der Waals surface area contributed by atoms with Crippen LogP contribution >= 0.6 is 0 Å². The van der Waals surface area contributed by atoms with Crippen molar-refractivity contribution in [2.45, 2.75) is 19.9 Å². The van der Waals surface area contributed by atoms with Gasteiger partial charge in [-0.3, -0.25) is 4.79 Å². The number of para-hydroxylation sites is 1. The lowest BCUT2D eigenvalue weighted by Gasteiger charge is -2.13. The molecule has 0 radical (unpaired) electrons. The zero-order valence-electron chi connectivity index (χ0n) is 15.2. The molecule has 4 heteroatoms. The van der Waals surface area contributed by atoms with Crippen molar-refractivity contribution in [2.24, 2.45) is 0 Å². The fourth-order valence-corrected chi connectivity index (χ4v) is 2.67. The fraction of sp³-hybridized carbons (Fsp3) is 0.182. The van der Waals surface area contributed by atoms with Gasteiger partial charge in [0.05, 0.1) is 11.9 Å². The predicted octanol–water partition coefficient (Wildman–Crippen LogP) is 4.11. The van der Waals surface area contributed by atoms with Crippen LogP contribution in [0.2, 0.25) is 0 Å². The first-order valence-corrected chi connectivity index (χ1v) is 8.77. The SMILES string of the molecule is CCc1ccc(/C=C/C(=O)N(C)Cc2cnn(-c3ccccc3)c2)cc1. The van der Waals surface area contributed by atoms with Gasteiger partial charge in [-0.15, -0.1) is 0 Å². The quantitative estimate of drug-likeness (QED) is 0.631. The number of hydrogen-bond acceptors (Lipinski definition) is 2. The van der Waals surface area contributed by atoms with E-state index in [4.69, 9.17) is 0 Å². The molecule has 0 N–H and O–H groups in total. The highest BCUT2D eigenvalue weighted by atomic mass is 16.2. The van der Waals surface area contributed by atoms with E-state index in [2.05, 4.69) is 24.2 Å². The van der Waals surface area contributed by atoms with Crippen molar-refractivity contribution in [1.29, 1.82) is 0 Å². The van der Waals surface area contributed by atoms with Gasteiger partial charge >= 0.3 is 0 Å². The number of amides is 1. The molecule has 0 fully saturated rings. The molecule has 4 nitrogen and oxygen atoms in total. The Hall–Kier alpha value is -3.14. The Labute approximate surface area is 154 Å². The Morgan fingerprint density at radius 3 is 2.50 bits per heavy atom. The lowest BCUT2D eigenvalue weighted by molar-refractivity contribution is -0.125. The first kappa shape index (κ1) is 17.7. The normalized spacial score (nSPS) is 11.0. The molecule has 1 amide bonds. The number of aromatic nitrogens is 2. The Bertz CT molecular complexity index is 879. The monoisotopic (exact) mass is 345 g/mol. The highest BCUT2D eigenvalue weighted by Crippen LogP contribution is 2.10. The number of benzene rings is 2. The molecule has 0 saturated carbocycles. The van der Waals surface area contributed by atoms with Gasteiger partial charge in [0.2, 0.25) is 5.91 Å². The summed E-state index contributed by atoms with van der Waals surface area (Å²) in [5.74, 6) is -0.0305. The Morgan fingerprint density at radius 1 is 1.08 bits per heavy atom. The first-order valence-electron chi connectivity index (χ1n) is 8.77. The summed E-state index contributed by atoms with van der Waals surface area (Å²) in [6.07, 6.45) is 8.23. The van der Waals surface area contributed by atoms with Crippen molar-refractivity contribution < 1.29 is 4.79 Å². The van der Waals surface area contributed by atoms with Gasteiger partial charge in [0, 0.05) is 31.4 Å². The third-order valence-corrected chi connectivity index (χ3v) is 4.26. The molecule has 26 heavy (non-hydrogen) atoms. The Balaban J connectivity index is 1.60. The van der Waals surface area contributed by atoms with Gasteiger partial charge in [-0.25, -0.2) is 4.68 Å². The number of hydrogen-bond donors (Lipinski definition) is 0. The van der Waals surface area contributed by atoms with E-state index in [1.165, 1.54) is 5.56 Å². The van der Waals surface area contributed by atoms with Crippen molar-refractivity contribution in [3.05, 3.63) is 89.8 Å². The summed E-state index contributed by atoms with van der Waals surface area (Å²) < 4.78 is 1.82. The van der Waals surface area contributed by atoms with Crippen molar-refractivity contribution in [3.63, 3.8) is 0 Å². The van der Waals surface area contributed by atoms with E-state index in [1.54, 1.807) is 24.2 Å². The molecule has 0 aliphatic heterocycles. The highest BCUT2D eigenvalue weighted by Gasteiger charge is 2.08. The fourth-order valence-electron chi connectivity index (χ4n) is 2.67. The van der Waals surface area contributed by atoms with Crippen LogP contribution in [-0.4, -0.2) is 27.6 Å². The summed E-state index contributed by atoms with van der Waals surface area (Å²) in [4.78, 5) is 14.0. The molecule has 0 saturated heterocycles. The van der Waals surface area contributed by atoms with Gasteiger partial charge in [-0.05, 0) is 35.8 Å². The molecule has 2 aromatic carbocycles. The van der Waals surface area contributed by atoms with Crippen LogP contribution in [0.1, 0.15) is 23.6 Å². The first-order chi connectivity index (χ1) is 12.7. The van der Waals surface area contributed by atoms with Crippen molar-refractivity contribution >= 4 is 12.0 Å². The highest BCUT2D eigenvalue weighted by molar-refractivity contribution is 5.91. The lowest BCUT2D eigenvalue weighted by Crippen LogP contribution is -2.23. The zero-order chi connectivity index (χ0) is 18.4. The van der Waals surface area contributed by atoms with Crippen molar-refractivity contribution in [2.75, 3.05) is 7.05 Å². The molecule has 0 aliphatic rings. The molecule has 0 bridgehead atoms. The van der Waals surface area contributed by atoms with E-state index >= 15 is 0 Å².